The molecular weight excluding hydrogens is 322 g/mol. The van der Waals surface area contributed by atoms with Gasteiger partial charge in [-0.05, 0) is 58.2 Å². The molecule has 1 atom stereocenters. The van der Waals surface area contributed by atoms with E-state index in [2.05, 4.69) is 21.4 Å². The highest BCUT2D eigenvalue weighted by Gasteiger charge is 2.16. The highest BCUT2D eigenvalue weighted by molar-refractivity contribution is 9.10. The minimum absolute atomic E-state index is 0.268. The predicted octanol–water partition coefficient (Wildman–Crippen LogP) is 3.58. The van der Waals surface area contributed by atoms with Crippen molar-refractivity contribution in [2.45, 2.75) is 12.5 Å². The molecule has 0 bridgehead atoms. The molecule has 1 unspecified atom stereocenters. The van der Waals surface area contributed by atoms with Crippen molar-refractivity contribution in [2.75, 3.05) is 0 Å². The van der Waals surface area contributed by atoms with E-state index in [4.69, 9.17) is 21.9 Å². The van der Waals surface area contributed by atoms with E-state index in [1.165, 1.54) is 18.2 Å². The second-order valence-corrected chi connectivity index (χ2v) is 4.99. The van der Waals surface area contributed by atoms with Gasteiger partial charge < -0.3 is 4.42 Å². The molecule has 2 aromatic rings. The van der Waals surface area contributed by atoms with Gasteiger partial charge in [0.25, 0.3) is 0 Å². The SMILES string of the molecule is NNC(Cc1cc(F)ccc1Cl)c1ccc(Br)o1. The van der Waals surface area contributed by atoms with Crippen LogP contribution in [0.5, 0.6) is 0 Å². The van der Waals surface area contributed by atoms with Crippen molar-refractivity contribution in [3.05, 3.63) is 57.2 Å². The van der Waals surface area contributed by atoms with Gasteiger partial charge in [0.05, 0.1) is 6.04 Å². The molecular formula is C12H11BrClFN2O. The first-order valence-electron chi connectivity index (χ1n) is 5.25. The number of hydrogen-bond donors (Lipinski definition) is 2. The van der Waals surface area contributed by atoms with E-state index in [0.717, 1.165) is 0 Å². The Bertz CT molecular complexity index is 547. The van der Waals surface area contributed by atoms with Gasteiger partial charge >= 0.3 is 0 Å². The summed E-state index contributed by atoms with van der Waals surface area (Å²) in [6, 6.07) is 7.53. The summed E-state index contributed by atoms with van der Waals surface area (Å²) < 4.78 is 19.2. The van der Waals surface area contributed by atoms with Gasteiger partial charge in [-0.2, -0.15) is 0 Å². The van der Waals surface area contributed by atoms with Crippen LogP contribution in [0.15, 0.2) is 39.4 Å². The molecule has 0 radical (unpaired) electrons. The largest absolute Gasteiger partial charge is 0.453 e. The predicted molar refractivity (Wildman–Crippen MR) is 71.6 cm³/mol. The third-order valence-corrected chi connectivity index (χ3v) is 3.37. The van der Waals surface area contributed by atoms with Gasteiger partial charge in [0, 0.05) is 5.02 Å². The third-order valence-electron chi connectivity index (χ3n) is 2.57. The van der Waals surface area contributed by atoms with Crippen molar-refractivity contribution >= 4 is 27.5 Å². The van der Waals surface area contributed by atoms with E-state index < -0.39 is 0 Å². The van der Waals surface area contributed by atoms with E-state index in [-0.39, 0.29) is 11.9 Å². The van der Waals surface area contributed by atoms with Crippen LogP contribution in [-0.2, 0) is 6.42 Å². The average molecular weight is 334 g/mol. The van der Waals surface area contributed by atoms with E-state index in [9.17, 15) is 4.39 Å². The Morgan fingerprint density at radius 3 is 2.78 bits per heavy atom. The molecule has 0 spiro atoms. The lowest BCUT2D eigenvalue weighted by molar-refractivity contribution is 0.404. The first kappa shape index (κ1) is 13.5. The first-order valence-corrected chi connectivity index (χ1v) is 6.42. The van der Waals surface area contributed by atoms with Crippen LogP contribution in [0.2, 0.25) is 5.02 Å². The Kier molecular flexibility index (Phi) is 4.40. The summed E-state index contributed by atoms with van der Waals surface area (Å²) in [5.74, 6) is 5.82. The van der Waals surface area contributed by atoms with Crippen LogP contribution in [-0.4, -0.2) is 0 Å². The Balaban J connectivity index is 2.22. The molecule has 3 N–H and O–H groups in total. The maximum Gasteiger partial charge on any atom is 0.169 e. The highest BCUT2D eigenvalue weighted by atomic mass is 79.9. The molecule has 1 aromatic carbocycles. The van der Waals surface area contributed by atoms with Gasteiger partial charge in [-0.15, -0.1) is 0 Å². The molecule has 0 aliphatic heterocycles. The maximum absolute atomic E-state index is 13.2. The number of nitrogens with two attached hydrogens (primary N) is 1. The maximum atomic E-state index is 13.2. The molecule has 0 aliphatic carbocycles. The second-order valence-electron chi connectivity index (χ2n) is 3.80. The third kappa shape index (κ3) is 3.11. The molecule has 0 saturated carbocycles. The summed E-state index contributed by atoms with van der Waals surface area (Å²) in [7, 11) is 0. The number of hydrazine groups is 1. The summed E-state index contributed by atoms with van der Waals surface area (Å²) in [6.45, 7) is 0. The minimum Gasteiger partial charge on any atom is -0.453 e. The number of hydrogen-bond acceptors (Lipinski definition) is 3. The second kappa shape index (κ2) is 5.84. The Labute approximate surface area is 117 Å². The monoisotopic (exact) mass is 332 g/mol. The first-order chi connectivity index (χ1) is 8.60. The highest BCUT2D eigenvalue weighted by Crippen LogP contribution is 2.26. The molecule has 6 heteroatoms. The Morgan fingerprint density at radius 1 is 1.39 bits per heavy atom. The lowest BCUT2D eigenvalue weighted by Gasteiger charge is -2.14. The van der Waals surface area contributed by atoms with Crippen molar-refractivity contribution in [3.8, 4) is 0 Å². The zero-order valence-electron chi connectivity index (χ0n) is 9.29. The van der Waals surface area contributed by atoms with Crippen LogP contribution in [0.25, 0.3) is 0 Å². The zero-order chi connectivity index (χ0) is 13.1. The Morgan fingerprint density at radius 2 is 2.17 bits per heavy atom. The van der Waals surface area contributed by atoms with Gasteiger partial charge in [-0.25, -0.2) is 9.82 Å². The van der Waals surface area contributed by atoms with E-state index in [1.54, 1.807) is 12.1 Å². The molecule has 1 aromatic heterocycles. The smallest absolute Gasteiger partial charge is 0.169 e. The van der Waals surface area contributed by atoms with Crippen LogP contribution >= 0.6 is 27.5 Å². The van der Waals surface area contributed by atoms with Crippen molar-refractivity contribution in [1.29, 1.82) is 0 Å². The van der Waals surface area contributed by atoms with Crippen molar-refractivity contribution in [1.82, 2.24) is 5.43 Å². The number of benzene rings is 1. The van der Waals surface area contributed by atoms with E-state index in [1.807, 2.05) is 0 Å². The Hall–Kier alpha value is -0.880. The molecule has 18 heavy (non-hydrogen) atoms. The number of nitrogens with one attached hydrogen (secondary N) is 1. The van der Waals surface area contributed by atoms with E-state index >= 15 is 0 Å². The van der Waals surface area contributed by atoms with E-state index in [0.29, 0.717) is 27.4 Å². The van der Waals surface area contributed by atoms with Crippen LogP contribution in [0.3, 0.4) is 0 Å². The van der Waals surface area contributed by atoms with Crippen molar-refractivity contribution in [3.63, 3.8) is 0 Å². The minimum atomic E-state index is -0.328. The number of halogens is 3. The van der Waals surface area contributed by atoms with Crippen LogP contribution in [0.1, 0.15) is 17.4 Å². The lowest BCUT2D eigenvalue weighted by Crippen LogP contribution is -2.29. The normalized spacial score (nSPS) is 12.7. The molecule has 0 fully saturated rings. The topological polar surface area (TPSA) is 51.2 Å². The van der Waals surface area contributed by atoms with Crippen LogP contribution in [0, 0.1) is 5.82 Å². The summed E-state index contributed by atoms with van der Waals surface area (Å²) >= 11 is 9.23. The molecule has 1 heterocycles. The van der Waals surface area contributed by atoms with Gasteiger partial charge in [-0.1, -0.05) is 11.6 Å². The number of rotatable bonds is 4. The van der Waals surface area contributed by atoms with Crippen LogP contribution in [0.4, 0.5) is 4.39 Å². The molecule has 0 saturated heterocycles. The summed E-state index contributed by atoms with van der Waals surface area (Å²) in [5.41, 5.74) is 3.30. The quantitative estimate of drug-likeness (QED) is 0.664. The fourth-order valence-electron chi connectivity index (χ4n) is 1.68. The van der Waals surface area contributed by atoms with Gasteiger partial charge in [0.2, 0.25) is 0 Å². The molecule has 0 aliphatic rings. The summed E-state index contributed by atoms with van der Waals surface area (Å²) in [4.78, 5) is 0. The van der Waals surface area contributed by atoms with Gasteiger partial charge in [0.15, 0.2) is 4.67 Å². The number of furan rings is 1. The van der Waals surface area contributed by atoms with Crippen molar-refractivity contribution in [2.24, 2.45) is 5.84 Å². The fraction of sp³-hybridized carbons (Fsp3) is 0.167. The molecule has 0 amide bonds. The summed E-state index contributed by atoms with van der Waals surface area (Å²) in [5, 5.41) is 0.502. The average Bonchev–Trinajstić information content (AvgIpc) is 2.77. The molecule has 2 rings (SSSR count). The fourth-order valence-corrected chi connectivity index (χ4v) is 2.19. The standard InChI is InChI=1S/C12H11BrClFN2O/c13-12-4-3-11(18-12)10(17-16)6-7-5-8(15)1-2-9(7)14/h1-5,10,17H,6,16H2. The molecule has 3 nitrogen and oxygen atoms in total. The van der Waals surface area contributed by atoms with Gasteiger partial charge in [-0.3, -0.25) is 5.84 Å². The zero-order valence-corrected chi connectivity index (χ0v) is 11.6. The molecule has 96 valence electrons. The van der Waals surface area contributed by atoms with Gasteiger partial charge in [0.1, 0.15) is 11.6 Å². The van der Waals surface area contributed by atoms with Crippen LogP contribution < -0.4 is 11.3 Å². The lowest BCUT2D eigenvalue weighted by atomic mass is 10.0. The summed E-state index contributed by atoms with van der Waals surface area (Å²) in [6.07, 6.45) is 0.438. The van der Waals surface area contributed by atoms with Crippen molar-refractivity contribution < 1.29 is 8.81 Å².